The van der Waals surface area contributed by atoms with E-state index in [9.17, 15) is 27.6 Å². The van der Waals surface area contributed by atoms with Gasteiger partial charge in [-0.3, -0.25) is 29.6 Å². The number of carbonyl (C=O) groups excluding carboxylic acids is 3. The summed E-state index contributed by atoms with van der Waals surface area (Å²) < 4.78 is 60.9. The molecule has 4 aromatic rings. The van der Waals surface area contributed by atoms with Crippen molar-refractivity contribution < 1.29 is 41.4 Å². The molecule has 50 heavy (non-hydrogen) atoms. The molecule has 0 unspecified atom stereocenters. The molecule has 1 amide bonds. The van der Waals surface area contributed by atoms with Crippen LogP contribution in [0.3, 0.4) is 0 Å². The van der Waals surface area contributed by atoms with E-state index in [1.807, 2.05) is 0 Å². The minimum atomic E-state index is -4.51. The second-order valence-corrected chi connectivity index (χ2v) is 14.5. The molecule has 4 aromatic heterocycles. The van der Waals surface area contributed by atoms with Crippen molar-refractivity contribution >= 4 is 40.5 Å². The fraction of sp³-hybridized carbons (Fsp3) is 0.486. The zero-order chi connectivity index (χ0) is 36.6. The van der Waals surface area contributed by atoms with Crippen LogP contribution in [0.25, 0.3) is 22.2 Å². The van der Waals surface area contributed by atoms with Crippen molar-refractivity contribution in [3.05, 3.63) is 54.2 Å². The summed E-state index contributed by atoms with van der Waals surface area (Å²) >= 11 is 0. The summed E-state index contributed by atoms with van der Waals surface area (Å²) in [5.41, 5.74) is 0.843. The van der Waals surface area contributed by atoms with E-state index in [-0.39, 0.29) is 54.9 Å². The Hall–Kier alpha value is -4.95. The number of furan rings is 1. The summed E-state index contributed by atoms with van der Waals surface area (Å²) in [6.45, 7) is 9.92. The highest BCUT2D eigenvalue weighted by Crippen LogP contribution is 2.40. The van der Waals surface area contributed by atoms with Crippen LogP contribution < -0.4 is 10.2 Å². The van der Waals surface area contributed by atoms with Crippen LogP contribution in [0.4, 0.5) is 29.5 Å². The molecule has 268 valence electrons. The molecule has 0 aromatic carbocycles. The van der Waals surface area contributed by atoms with Gasteiger partial charge in [0.15, 0.2) is 11.4 Å². The third kappa shape index (κ3) is 8.98. The zero-order valence-electron chi connectivity index (χ0n) is 29.1. The molecule has 1 fully saturated rings. The highest BCUT2D eigenvalue weighted by molar-refractivity contribution is 6.13. The van der Waals surface area contributed by atoms with Crippen LogP contribution in [0.15, 0.2) is 47.5 Å². The maximum Gasteiger partial charge on any atom is 0.414 e. The third-order valence-electron chi connectivity index (χ3n) is 7.91. The summed E-state index contributed by atoms with van der Waals surface area (Å²) in [4.78, 5) is 49.8. The number of amides is 1. The third-order valence-corrected chi connectivity index (χ3v) is 7.91. The van der Waals surface area contributed by atoms with Crippen LogP contribution in [0.5, 0.6) is 0 Å². The Morgan fingerprint density at radius 1 is 1.00 bits per heavy atom. The molecule has 15 heteroatoms. The Labute approximate surface area is 287 Å². The summed E-state index contributed by atoms with van der Waals surface area (Å²) in [6.07, 6.45) is 1.74. The Morgan fingerprint density at radius 2 is 1.72 bits per heavy atom. The lowest BCUT2D eigenvalue weighted by molar-refractivity contribution is -0.181. The lowest BCUT2D eigenvalue weighted by atomic mass is 9.86. The number of alkyl halides is 3. The van der Waals surface area contributed by atoms with Crippen molar-refractivity contribution in [3.63, 3.8) is 0 Å². The molecule has 0 saturated carbocycles. The fourth-order valence-electron chi connectivity index (χ4n) is 5.98. The van der Waals surface area contributed by atoms with Gasteiger partial charge in [0.1, 0.15) is 22.3 Å². The number of fused-ring (bicyclic) bond motifs is 1. The monoisotopic (exact) mass is 698 g/mol. The van der Waals surface area contributed by atoms with Crippen LogP contribution in [-0.2, 0) is 27.7 Å². The Balaban J connectivity index is 1.48. The van der Waals surface area contributed by atoms with Gasteiger partial charge in [-0.25, -0.2) is 4.79 Å². The van der Waals surface area contributed by atoms with Gasteiger partial charge in [-0.05, 0) is 66.0 Å². The number of esters is 1. The molecule has 0 bridgehead atoms. The Bertz CT molecular complexity index is 1890. The van der Waals surface area contributed by atoms with E-state index in [2.05, 4.69) is 20.4 Å². The number of ketones is 1. The standard InChI is InChI=1S/C35H41F3N6O6/c1-33(2,3)49-28(46)11-20-10-24(35(36,37)38)19-44(17-20)25-8-9-39-14-22(25)12-26(45)29-30-27(48-31(29)42-32(47)50-34(4,5)6)13-21(15-40-30)23-16-41-43(7)18-23/h8-9,13-16,18,20,24H,10-12,17,19H2,1-7H3,(H,42,47)/t20-,24-/m1/s1. The molecule has 0 aliphatic carbocycles. The number of Topliss-reactive ketones (excluding diaryl/α,β-unsaturated/α-hetero) is 1. The summed E-state index contributed by atoms with van der Waals surface area (Å²) in [7, 11) is 1.77. The summed E-state index contributed by atoms with van der Waals surface area (Å²) in [5, 5.41) is 6.70. The molecule has 0 radical (unpaired) electrons. The van der Waals surface area contributed by atoms with Gasteiger partial charge in [0.05, 0.1) is 18.5 Å². The van der Waals surface area contributed by atoms with Gasteiger partial charge in [0.25, 0.3) is 0 Å². The van der Waals surface area contributed by atoms with E-state index in [0.717, 1.165) is 5.56 Å². The largest absolute Gasteiger partial charge is 0.460 e. The van der Waals surface area contributed by atoms with Crippen molar-refractivity contribution in [2.75, 3.05) is 23.3 Å². The first-order valence-electron chi connectivity index (χ1n) is 16.2. The van der Waals surface area contributed by atoms with Gasteiger partial charge < -0.3 is 18.8 Å². The van der Waals surface area contributed by atoms with E-state index in [1.165, 1.54) is 12.4 Å². The maximum absolute atomic E-state index is 14.2. The van der Waals surface area contributed by atoms with Crippen molar-refractivity contribution in [2.24, 2.45) is 18.9 Å². The van der Waals surface area contributed by atoms with Crippen molar-refractivity contribution in [1.82, 2.24) is 19.7 Å². The lowest BCUT2D eigenvalue weighted by Crippen LogP contribution is -2.47. The molecule has 2 atom stereocenters. The van der Waals surface area contributed by atoms with Gasteiger partial charge in [0, 0.05) is 73.7 Å². The Kier molecular flexibility index (Phi) is 9.99. The normalized spacial score (nSPS) is 17.1. The van der Waals surface area contributed by atoms with E-state index in [4.69, 9.17) is 13.9 Å². The number of nitrogens with one attached hydrogen (secondary N) is 1. The molecule has 1 N–H and O–H groups in total. The lowest BCUT2D eigenvalue weighted by Gasteiger charge is -2.40. The maximum atomic E-state index is 14.2. The minimum absolute atomic E-state index is 0.0342. The number of carbonyl (C=O) groups is 3. The highest BCUT2D eigenvalue weighted by Gasteiger charge is 2.45. The molecule has 5 heterocycles. The van der Waals surface area contributed by atoms with E-state index < -0.39 is 47.1 Å². The Morgan fingerprint density at radius 3 is 2.36 bits per heavy atom. The average Bonchev–Trinajstić information content (AvgIpc) is 3.57. The number of pyridine rings is 2. The quantitative estimate of drug-likeness (QED) is 0.149. The second kappa shape index (κ2) is 13.8. The number of hydrogen-bond acceptors (Lipinski definition) is 10. The van der Waals surface area contributed by atoms with Crippen LogP contribution in [0.1, 0.15) is 70.3 Å². The van der Waals surface area contributed by atoms with Gasteiger partial charge >= 0.3 is 18.2 Å². The number of piperidine rings is 1. The number of anilines is 2. The molecule has 1 aliphatic rings. The van der Waals surface area contributed by atoms with E-state index in [1.54, 1.807) is 88.9 Å². The van der Waals surface area contributed by atoms with Gasteiger partial charge in [-0.1, -0.05) is 0 Å². The number of ether oxygens (including phenoxy) is 2. The first-order valence-corrected chi connectivity index (χ1v) is 16.2. The van der Waals surface area contributed by atoms with Crippen molar-refractivity contribution in [1.29, 1.82) is 0 Å². The molecule has 1 saturated heterocycles. The number of hydrogen-bond donors (Lipinski definition) is 1. The second-order valence-electron chi connectivity index (χ2n) is 14.5. The van der Waals surface area contributed by atoms with Crippen LogP contribution in [0.2, 0.25) is 0 Å². The fourth-order valence-corrected chi connectivity index (χ4v) is 5.98. The van der Waals surface area contributed by atoms with Crippen molar-refractivity contribution in [3.8, 4) is 11.1 Å². The van der Waals surface area contributed by atoms with Crippen LogP contribution in [-0.4, -0.2) is 68.1 Å². The van der Waals surface area contributed by atoms with Gasteiger partial charge in [-0.15, -0.1) is 0 Å². The molecular formula is C35H41F3N6O6. The summed E-state index contributed by atoms with van der Waals surface area (Å²) in [6, 6.07) is 3.22. The predicted octanol–water partition coefficient (Wildman–Crippen LogP) is 7.13. The number of halogens is 3. The van der Waals surface area contributed by atoms with Crippen LogP contribution in [0, 0.1) is 11.8 Å². The van der Waals surface area contributed by atoms with Crippen molar-refractivity contribution in [2.45, 2.75) is 78.2 Å². The topological polar surface area (TPSA) is 142 Å². The molecule has 0 spiro atoms. The summed E-state index contributed by atoms with van der Waals surface area (Å²) in [5.74, 6) is -3.65. The van der Waals surface area contributed by atoms with Crippen LogP contribution >= 0.6 is 0 Å². The van der Waals surface area contributed by atoms with E-state index >= 15 is 0 Å². The average molecular weight is 699 g/mol. The number of nitrogens with zero attached hydrogens (tertiary/aromatic N) is 5. The number of aromatic nitrogens is 4. The first kappa shape index (κ1) is 36.3. The highest BCUT2D eigenvalue weighted by atomic mass is 19.4. The predicted molar refractivity (Wildman–Crippen MR) is 179 cm³/mol. The van der Waals surface area contributed by atoms with Gasteiger partial charge in [-0.2, -0.15) is 18.3 Å². The molecule has 1 aliphatic heterocycles. The molecular weight excluding hydrogens is 657 g/mol. The molecule has 5 rings (SSSR count). The smallest absolute Gasteiger partial charge is 0.414 e. The van der Waals surface area contributed by atoms with Gasteiger partial charge in [0.2, 0.25) is 5.88 Å². The zero-order valence-corrected chi connectivity index (χ0v) is 29.1. The molecule has 12 nitrogen and oxygen atoms in total. The first-order chi connectivity index (χ1) is 23.3. The number of aryl methyl sites for hydroxylation is 1. The van der Waals surface area contributed by atoms with E-state index in [0.29, 0.717) is 16.8 Å². The SMILES string of the molecule is Cn1cc(-c2cnc3c(C(=O)Cc4cnccc4N4C[C@@H](CC(=O)OC(C)(C)C)C[C@@H](C(F)(F)F)C4)c(NC(=O)OC(C)(C)C)oc3c2)cn1. The number of rotatable bonds is 8. The minimum Gasteiger partial charge on any atom is -0.460 e.